The number of carbonyl (C=O) groups excluding carboxylic acids is 2. The van der Waals surface area contributed by atoms with Crippen molar-refractivity contribution in [1.29, 1.82) is 0 Å². The van der Waals surface area contributed by atoms with Gasteiger partial charge in [-0.15, -0.1) is 0 Å². The fraction of sp³-hybridized carbons (Fsp3) is 0.0714. The van der Waals surface area contributed by atoms with Gasteiger partial charge >= 0.3 is 0 Å². The van der Waals surface area contributed by atoms with Crippen LogP contribution in [0.15, 0.2) is 42.6 Å². The summed E-state index contributed by atoms with van der Waals surface area (Å²) < 4.78 is 0. The van der Waals surface area contributed by atoms with E-state index in [1.807, 2.05) is 0 Å². The lowest BCUT2D eigenvalue weighted by molar-refractivity contribution is -0.114. The van der Waals surface area contributed by atoms with Gasteiger partial charge in [-0.1, -0.05) is 6.07 Å². The van der Waals surface area contributed by atoms with E-state index in [0.29, 0.717) is 11.3 Å². The lowest BCUT2D eigenvalue weighted by Gasteiger charge is -2.07. The second kappa shape index (κ2) is 5.83. The number of rotatable bonds is 3. The van der Waals surface area contributed by atoms with Crippen LogP contribution in [-0.4, -0.2) is 21.9 Å². The third-order valence-electron chi connectivity index (χ3n) is 2.46. The molecule has 2 amide bonds. The molecule has 0 bridgehead atoms. The molecule has 1 heterocycles. The molecule has 0 spiro atoms. The molecular weight excluding hydrogens is 258 g/mol. The Labute approximate surface area is 115 Å². The minimum Gasteiger partial charge on any atom is -0.504 e. The summed E-state index contributed by atoms with van der Waals surface area (Å²) in [5.41, 5.74) is 0.872. The fourth-order valence-electron chi connectivity index (χ4n) is 1.61. The molecule has 0 aliphatic rings. The van der Waals surface area contributed by atoms with E-state index in [0.717, 1.165) is 0 Å². The molecule has 3 N–H and O–H groups in total. The Balaban J connectivity index is 2.17. The number of amides is 2. The molecule has 0 saturated heterocycles. The number of anilines is 2. The van der Waals surface area contributed by atoms with Crippen LogP contribution in [0.25, 0.3) is 0 Å². The average molecular weight is 271 g/mol. The van der Waals surface area contributed by atoms with Crippen LogP contribution in [0.5, 0.6) is 5.75 Å². The van der Waals surface area contributed by atoms with E-state index in [-0.39, 0.29) is 17.5 Å². The molecule has 102 valence electrons. The van der Waals surface area contributed by atoms with Crippen LogP contribution >= 0.6 is 0 Å². The first-order valence-electron chi connectivity index (χ1n) is 5.89. The predicted octanol–water partition coefficient (Wildman–Crippen LogP) is 2.00. The zero-order valence-corrected chi connectivity index (χ0v) is 10.8. The quantitative estimate of drug-likeness (QED) is 0.796. The van der Waals surface area contributed by atoms with Gasteiger partial charge in [-0.05, 0) is 30.3 Å². The van der Waals surface area contributed by atoms with Crippen molar-refractivity contribution in [3.63, 3.8) is 0 Å². The van der Waals surface area contributed by atoms with Crippen molar-refractivity contribution in [3.8, 4) is 5.75 Å². The molecule has 0 unspecified atom stereocenters. The summed E-state index contributed by atoms with van der Waals surface area (Å²) in [6, 6.07) is 9.45. The van der Waals surface area contributed by atoms with E-state index in [2.05, 4.69) is 15.6 Å². The highest BCUT2D eigenvalue weighted by atomic mass is 16.3. The lowest BCUT2D eigenvalue weighted by Crippen LogP contribution is -2.14. The van der Waals surface area contributed by atoms with E-state index in [9.17, 15) is 14.7 Å². The Morgan fingerprint density at radius 2 is 1.95 bits per heavy atom. The van der Waals surface area contributed by atoms with E-state index in [1.54, 1.807) is 24.3 Å². The largest absolute Gasteiger partial charge is 0.504 e. The van der Waals surface area contributed by atoms with Crippen molar-refractivity contribution in [2.75, 3.05) is 10.6 Å². The first kappa shape index (κ1) is 13.5. The number of carbonyl (C=O) groups is 2. The Bertz CT molecular complexity index is 656. The van der Waals surface area contributed by atoms with E-state index in [4.69, 9.17) is 0 Å². The Hall–Kier alpha value is -2.89. The molecule has 20 heavy (non-hydrogen) atoms. The van der Waals surface area contributed by atoms with Crippen LogP contribution in [0, 0.1) is 0 Å². The van der Waals surface area contributed by atoms with Gasteiger partial charge < -0.3 is 15.7 Å². The van der Waals surface area contributed by atoms with Gasteiger partial charge in [0.1, 0.15) is 0 Å². The second-order valence-electron chi connectivity index (χ2n) is 4.09. The zero-order chi connectivity index (χ0) is 14.5. The van der Waals surface area contributed by atoms with Crippen LogP contribution in [-0.2, 0) is 4.79 Å². The highest BCUT2D eigenvalue weighted by Gasteiger charge is 2.10. The van der Waals surface area contributed by atoms with Gasteiger partial charge in [0.25, 0.3) is 5.91 Å². The Morgan fingerprint density at radius 3 is 2.65 bits per heavy atom. The maximum Gasteiger partial charge on any atom is 0.256 e. The molecule has 6 heteroatoms. The summed E-state index contributed by atoms with van der Waals surface area (Å²) >= 11 is 0. The van der Waals surface area contributed by atoms with Gasteiger partial charge in [0.05, 0.1) is 0 Å². The summed E-state index contributed by atoms with van der Waals surface area (Å²) in [5, 5.41) is 14.6. The average Bonchev–Trinajstić information content (AvgIpc) is 2.41. The monoisotopic (exact) mass is 271 g/mol. The molecule has 0 aliphatic heterocycles. The van der Waals surface area contributed by atoms with Crippen LogP contribution in [0.1, 0.15) is 17.3 Å². The highest BCUT2D eigenvalue weighted by Crippen LogP contribution is 2.19. The van der Waals surface area contributed by atoms with Crippen LogP contribution in [0.3, 0.4) is 0 Å². The van der Waals surface area contributed by atoms with Gasteiger partial charge in [-0.2, -0.15) is 0 Å². The van der Waals surface area contributed by atoms with Crippen molar-refractivity contribution < 1.29 is 14.7 Å². The van der Waals surface area contributed by atoms with Gasteiger partial charge in [0.2, 0.25) is 5.91 Å². The molecule has 1 aromatic heterocycles. The molecule has 2 rings (SSSR count). The summed E-state index contributed by atoms with van der Waals surface area (Å²) in [6.07, 6.45) is 1.46. The third kappa shape index (κ3) is 3.32. The van der Waals surface area contributed by atoms with E-state index < -0.39 is 5.91 Å². The summed E-state index contributed by atoms with van der Waals surface area (Å²) in [5.74, 6) is -0.669. The minimum absolute atomic E-state index is 0.0856. The first-order valence-corrected chi connectivity index (χ1v) is 5.89. The van der Waals surface area contributed by atoms with Crippen molar-refractivity contribution >= 4 is 23.3 Å². The second-order valence-corrected chi connectivity index (χ2v) is 4.09. The summed E-state index contributed by atoms with van der Waals surface area (Å²) in [7, 11) is 0. The number of nitrogens with one attached hydrogen (secondary N) is 2. The molecule has 2 aromatic rings. The van der Waals surface area contributed by atoms with Crippen molar-refractivity contribution in [2.24, 2.45) is 0 Å². The molecule has 0 atom stereocenters. The van der Waals surface area contributed by atoms with Gasteiger partial charge in [0.15, 0.2) is 11.6 Å². The highest BCUT2D eigenvalue weighted by molar-refractivity contribution is 6.05. The lowest BCUT2D eigenvalue weighted by atomic mass is 10.2. The van der Waals surface area contributed by atoms with Gasteiger partial charge in [-0.25, -0.2) is 4.98 Å². The van der Waals surface area contributed by atoms with Crippen molar-refractivity contribution in [3.05, 3.63) is 48.2 Å². The maximum absolute atomic E-state index is 12.0. The van der Waals surface area contributed by atoms with Crippen molar-refractivity contribution in [2.45, 2.75) is 6.92 Å². The van der Waals surface area contributed by atoms with E-state index in [1.165, 1.54) is 25.3 Å². The Morgan fingerprint density at radius 1 is 1.15 bits per heavy atom. The first-order chi connectivity index (χ1) is 9.56. The molecule has 0 radical (unpaired) electrons. The molecule has 0 fully saturated rings. The standard InChI is InChI=1S/C14H13N3O3/c1-9(18)16-11-5-2-4-10(8-11)14(20)17-13-12(19)6-3-7-15-13/h2-8,19H,1H3,(H,16,18)(H,15,17,20). The van der Waals surface area contributed by atoms with Crippen LogP contribution in [0.2, 0.25) is 0 Å². The number of benzene rings is 1. The zero-order valence-electron chi connectivity index (χ0n) is 10.8. The predicted molar refractivity (Wildman–Crippen MR) is 74.6 cm³/mol. The molecule has 0 aliphatic carbocycles. The smallest absolute Gasteiger partial charge is 0.256 e. The number of hydrogen-bond donors (Lipinski definition) is 3. The van der Waals surface area contributed by atoms with Crippen molar-refractivity contribution in [1.82, 2.24) is 4.98 Å². The fourth-order valence-corrected chi connectivity index (χ4v) is 1.61. The SMILES string of the molecule is CC(=O)Nc1cccc(C(=O)Nc2ncccc2O)c1. The maximum atomic E-state index is 12.0. The van der Waals surface area contributed by atoms with Gasteiger partial charge in [0, 0.05) is 24.4 Å². The third-order valence-corrected chi connectivity index (χ3v) is 2.46. The molecule has 1 aromatic carbocycles. The summed E-state index contributed by atoms with van der Waals surface area (Å²) in [6.45, 7) is 1.39. The van der Waals surface area contributed by atoms with Crippen LogP contribution in [0.4, 0.5) is 11.5 Å². The number of aromatic nitrogens is 1. The topological polar surface area (TPSA) is 91.3 Å². The normalized spacial score (nSPS) is 9.85. The molecule has 0 saturated carbocycles. The number of pyridine rings is 1. The van der Waals surface area contributed by atoms with Crippen LogP contribution < -0.4 is 10.6 Å². The Kier molecular flexibility index (Phi) is 3.95. The summed E-state index contributed by atoms with van der Waals surface area (Å²) in [4.78, 5) is 26.9. The minimum atomic E-state index is -0.425. The number of nitrogens with zero attached hydrogens (tertiary/aromatic N) is 1. The van der Waals surface area contributed by atoms with Gasteiger partial charge in [-0.3, -0.25) is 9.59 Å². The molecular formula is C14H13N3O3. The number of hydrogen-bond acceptors (Lipinski definition) is 4. The number of aromatic hydroxyl groups is 1. The van der Waals surface area contributed by atoms with E-state index >= 15 is 0 Å². The molecule has 6 nitrogen and oxygen atoms in total.